The predicted octanol–water partition coefficient (Wildman–Crippen LogP) is 3.80. The van der Waals surface area contributed by atoms with Crippen molar-refractivity contribution in [1.82, 2.24) is 10.7 Å². The maximum atomic E-state index is 12.2. The van der Waals surface area contributed by atoms with E-state index in [2.05, 4.69) is 35.4 Å². The van der Waals surface area contributed by atoms with Crippen molar-refractivity contribution < 1.29 is 4.79 Å². The molecule has 1 aliphatic rings. The molecule has 0 radical (unpaired) electrons. The fraction of sp³-hybridized carbons (Fsp3) is 0.517. The van der Waals surface area contributed by atoms with Crippen LogP contribution in [-0.2, 0) is 11.8 Å². The van der Waals surface area contributed by atoms with Crippen LogP contribution in [0.15, 0.2) is 58.9 Å². The number of hydrogen-bond donors (Lipinski definition) is 7. The van der Waals surface area contributed by atoms with Gasteiger partial charge in [0.15, 0.2) is 5.84 Å². The molecule has 9 nitrogen and oxygen atoms in total. The predicted molar refractivity (Wildman–Crippen MR) is 164 cm³/mol. The molecule has 1 unspecified atom stereocenters. The van der Waals surface area contributed by atoms with Crippen molar-refractivity contribution in [2.24, 2.45) is 34.0 Å². The lowest BCUT2D eigenvalue weighted by Crippen LogP contribution is -2.53. The second-order valence-corrected chi connectivity index (χ2v) is 8.84. The average molecular weight is 531 g/mol. The summed E-state index contributed by atoms with van der Waals surface area (Å²) >= 11 is 0. The van der Waals surface area contributed by atoms with E-state index < -0.39 is 11.6 Å². The summed E-state index contributed by atoms with van der Waals surface area (Å²) in [6, 6.07) is 5.63. The maximum Gasteiger partial charge on any atom is 0.251 e. The summed E-state index contributed by atoms with van der Waals surface area (Å²) in [5.74, 6) is 11.7. The van der Waals surface area contributed by atoms with Crippen LogP contribution in [0, 0.1) is 0 Å². The fourth-order valence-corrected chi connectivity index (χ4v) is 4.11. The average Bonchev–Trinajstić information content (AvgIpc) is 3.02. The molecule has 0 spiro atoms. The molecule has 0 fully saturated rings. The monoisotopic (exact) mass is 530 g/mol. The minimum Gasteiger partial charge on any atom is -0.402 e. The Hall–Kier alpha value is -3.14. The van der Waals surface area contributed by atoms with Gasteiger partial charge in [0.25, 0.3) is 5.91 Å². The quantitative estimate of drug-likeness (QED) is 0.0728. The van der Waals surface area contributed by atoms with E-state index in [0.717, 1.165) is 41.7 Å². The summed E-state index contributed by atoms with van der Waals surface area (Å²) in [4.78, 5) is 12.2. The third kappa shape index (κ3) is 10.7. The standard InChI is InChI=1S/C18H29N7O.C6H13N.C3H6.C2H6/c1-3-23-16(26)13-7-8-14-12(9-13)6-4-5-11(2)18(14,10-15(19)20)17(24-21)25-22;1-4-6(7)5(2)3;1-3-2;1-2/h5,7-9,15H,3-4,6,10,19-22H2,1-2H3,(H,23,26)(H,24,25);4,7H2,1-3H3;3H,1H2,2H3;1-2H3. The van der Waals surface area contributed by atoms with E-state index >= 15 is 0 Å². The Morgan fingerprint density at radius 2 is 1.82 bits per heavy atom. The van der Waals surface area contributed by atoms with E-state index in [9.17, 15) is 4.79 Å². The molecule has 1 aromatic rings. The van der Waals surface area contributed by atoms with Gasteiger partial charge in [-0.3, -0.25) is 4.79 Å². The van der Waals surface area contributed by atoms with Crippen molar-refractivity contribution in [3.8, 4) is 0 Å². The number of amidine groups is 1. The molecule has 0 aromatic heterocycles. The minimum atomic E-state index is -0.761. The van der Waals surface area contributed by atoms with Gasteiger partial charge in [-0.25, -0.2) is 5.84 Å². The molecular weight excluding hydrogens is 476 g/mol. The number of nitrogens with zero attached hydrogens (tertiary/aromatic N) is 1. The number of rotatable bonds is 6. The van der Waals surface area contributed by atoms with Crippen LogP contribution in [0.25, 0.3) is 0 Å². The van der Waals surface area contributed by atoms with E-state index in [0.29, 0.717) is 24.4 Å². The molecular formula is C29H54N8O. The summed E-state index contributed by atoms with van der Waals surface area (Å²) in [6.07, 6.45) is 6.23. The van der Waals surface area contributed by atoms with Crippen molar-refractivity contribution in [3.05, 3.63) is 70.5 Å². The van der Waals surface area contributed by atoms with Crippen LogP contribution in [0.4, 0.5) is 0 Å². The number of fused-ring (bicyclic) bond motifs is 1. The van der Waals surface area contributed by atoms with Gasteiger partial charge in [0.1, 0.15) is 0 Å². The molecule has 1 aromatic carbocycles. The number of hydrazone groups is 1. The first-order valence-corrected chi connectivity index (χ1v) is 13.3. The minimum absolute atomic E-state index is 0.102. The Morgan fingerprint density at radius 3 is 2.21 bits per heavy atom. The number of aryl methyl sites for hydroxylation is 1. The highest BCUT2D eigenvalue weighted by Gasteiger charge is 2.43. The van der Waals surface area contributed by atoms with E-state index in [1.807, 2.05) is 60.6 Å². The van der Waals surface area contributed by atoms with Crippen molar-refractivity contribution >= 4 is 11.7 Å². The molecule has 0 bridgehead atoms. The van der Waals surface area contributed by atoms with Crippen LogP contribution in [0.1, 0.15) is 96.1 Å². The Morgan fingerprint density at radius 1 is 1.24 bits per heavy atom. The first-order chi connectivity index (χ1) is 18.0. The van der Waals surface area contributed by atoms with Gasteiger partial charge in [-0.15, -0.1) is 6.58 Å². The lowest BCUT2D eigenvalue weighted by Gasteiger charge is -2.38. The van der Waals surface area contributed by atoms with Gasteiger partial charge in [-0.05, 0) is 83.6 Å². The molecule has 2 rings (SSSR count). The van der Waals surface area contributed by atoms with Gasteiger partial charge in [0, 0.05) is 17.8 Å². The number of carbonyl (C=O) groups is 1. The second kappa shape index (κ2) is 19.9. The number of allylic oxidation sites excluding steroid dienone is 4. The number of benzene rings is 1. The molecule has 9 heteroatoms. The van der Waals surface area contributed by atoms with Crippen molar-refractivity contribution in [2.75, 3.05) is 6.54 Å². The summed E-state index contributed by atoms with van der Waals surface area (Å²) < 4.78 is 0. The smallest absolute Gasteiger partial charge is 0.251 e. The normalized spacial score (nSPS) is 15.9. The topological polar surface area (TPSA) is 184 Å². The first-order valence-electron chi connectivity index (χ1n) is 13.3. The number of nitrogens with one attached hydrogen (secondary N) is 2. The van der Waals surface area contributed by atoms with Crippen LogP contribution < -0.4 is 39.6 Å². The highest BCUT2D eigenvalue weighted by molar-refractivity contribution is 5.98. The molecule has 12 N–H and O–H groups in total. The van der Waals surface area contributed by atoms with Crippen LogP contribution in [0.2, 0.25) is 0 Å². The third-order valence-corrected chi connectivity index (χ3v) is 5.94. The number of carbonyl (C=O) groups excluding carboxylic acids is 1. The number of hydrazine groups is 1. The molecule has 1 amide bonds. The lowest BCUT2D eigenvalue weighted by atomic mass is 9.69. The molecule has 0 heterocycles. The third-order valence-electron chi connectivity index (χ3n) is 5.94. The van der Waals surface area contributed by atoms with E-state index in [4.69, 9.17) is 28.9 Å². The summed E-state index contributed by atoms with van der Waals surface area (Å²) in [6.45, 7) is 19.8. The number of nitrogens with two attached hydrogens (primary N) is 5. The van der Waals surface area contributed by atoms with Crippen LogP contribution in [0.3, 0.4) is 0 Å². The van der Waals surface area contributed by atoms with Gasteiger partial charge in [0.2, 0.25) is 0 Å². The Kier molecular flexibility index (Phi) is 19.4. The number of hydrogen-bond acceptors (Lipinski definition) is 7. The Bertz CT molecular complexity index is 946. The summed E-state index contributed by atoms with van der Waals surface area (Å²) in [5.41, 5.74) is 25.2. The van der Waals surface area contributed by atoms with Gasteiger partial charge in [-0.1, -0.05) is 50.1 Å². The number of amides is 1. The highest BCUT2D eigenvalue weighted by Crippen LogP contribution is 2.41. The van der Waals surface area contributed by atoms with Crippen molar-refractivity contribution in [3.63, 3.8) is 0 Å². The zero-order valence-electron chi connectivity index (χ0n) is 24.9. The second-order valence-electron chi connectivity index (χ2n) is 8.84. The van der Waals surface area contributed by atoms with Gasteiger partial charge >= 0.3 is 0 Å². The highest BCUT2D eigenvalue weighted by atomic mass is 16.1. The SMILES string of the molecule is C=CC.CC.CCC(N)=C(C)C.CCNC(=O)c1ccc2c(c1)CCC=C(C)C2(CC(N)N)/C(=N/N)NN. The molecule has 38 heavy (non-hydrogen) atoms. The van der Waals surface area contributed by atoms with Gasteiger partial charge in [-0.2, -0.15) is 5.10 Å². The van der Waals surface area contributed by atoms with E-state index in [1.165, 1.54) is 5.57 Å². The van der Waals surface area contributed by atoms with E-state index in [1.54, 1.807) is 12.1 Å². The molecule has 0 saturated heterocycles. The molecule has 1 aliphatic carbocycles. The zero-order chi connectivity index (χ0) is 29.9. The largest absolute Gasteiger partial charge is 0.402 e. The van der Waals surface area contributed by atoms with Crippen LogP contribution in [0.5, 0.6) is 0 Å². The summed E-state index contributed by atoms with van der Waals surface area (Å²) in [5, 5.41) is 6.71. The molecule has 0 aliphatic heterocycles. The van der Waals surface area contributed by atoms with Crippen LogP contribution >= 0.6 is 0 Å². The lowest BCUT2D eigenvalue weighted by molar-refractivity contribution is 0.0955. The van der Waals surface area contributed by atoms with E-state index in [-0.39, 0.29) is 5.91 Å². The maximum absolute atomic E-state index is 12.2. The van der Waals surface area contributed by atoms with Crippen LogP contribution in [-0.4, -0.2) is 24.5 Å². The van der Waals surface area contributed by atoms with Gasteiger partial charge in [0.05, 0.1) is 11.6 Å². The molecule has 1 atom stereocenters. The first kappa shape index (κ1) is 37.0. The summed E-state index contributed by atoms with van der Waals surface area (Å²) in [7, 11) is 0. The van der Waals surface area contributed by atoms with Crippen molar-refractivity contribution in [1.29, 1.82) is 0 Å². The van der Waals surface area contributed by atoms with Gasteiger partial charge < -0.3 is 33.8 Å². The fourth-order valence-electron chi connectivity index (χ4n) is 4.11. The van der Waals surface area contributed by atoms with Crippen molar-refractivity contribution in [2.45, 2.75) is 92.7 Å². The molecule has 0 saturated carbocycles. The molecule has 216 valence electrons. The Balaban J connectivity index is 0. The zero-order valence-corrected chi connectivity index (χ0v) is 24.9. The Labute approximate surface area is 231 Å².